The molecular formula is C21H36BrN5. The van der Waals surface area contributed by atoms with Gasteiger partial charge >= 0.3 is 0 Å². The monoisotopic (exact) mass is 437 g/mol. The Morgan fingerprint density at radius 2 is 1.85 bits per heavy atom. The maximum absolute atomic E-state index is 4.40. The van der Waals surface area contributed by atoms with Crippen LogP contribution in [0.25, 0.3) is 0 Å². The van der Waals surface area contributed by atoms with Crippen LogP contribution in [-0.2, 0) is 6.54 Å². The van der Waals surface area contributed by atoms with Gasteiger partial charge in [-0.1, -0.05) is 41.9 Å². The van der Waals surface area contributed by atoms with Gasteiger partial charge in [0.15, 0.2) is 5.96 Å². The smallest absolute Gasteiger partial charge is 0.191 e. The van der Waals surface area contributed by atoms with Gasteiger partial charge in [0.05, 0.1) is 0 Å². The fourth-order valence-electron chi connectivity index (χ4n) is 3.52. The first-order valence-corrected chi connectivity index (χ1v) is 11.1. The van der Waals surface area contributed by atoms with Crippen LogP contribution in [-0.4, -0.2) is 68.1 Å². The lowest BCUT2D eigenvalue weighted by Gasteiger charge is -2.33. The molecule has 2 N–H and O–H groups in total. The van der Waals surface area contributed by atoms with Crippen LogP contribution in [0.4, 0.5) is 0 Å². The SMILES string of the molecule is CCN(CC)CCCNC(=NC)NC1CCN(Cc2ccc(Br)cc2)CC1. The van der Waals surface area contributed by atoms with E-state index < -0.39 is 0 Å². The van der Waals surface area contributed by atoms with Crippen LogP contribution >= 0.6 is 15.9 Å². The van der Waals surface area contributed by atoms with E-state index in [4.69, 9.17) is 0 Å². The quantitative estimate of drug-likeness (QED) is 0.353. The van der Waals surface area contributed by atoms with E-state index in [0.717, 1.165) is 75.5 Å². The Morgan fingerprint density at radius 3 is 2.44 bits per heavy atom. The Labute approximate surface area is 173 Å². The summed E-state index contributed by atoms with van der Waals surface area (Å²) in [5, 5.41) is 7.08. The summed E-state index contributed by atoms with van der Waals surface area (Å²) >= 11 is 3.50. The Kier molecular flexibility index (Phi) is 10.2. The van der Waals surface area contributed by atoms with Crippen LogP contribution in [0.5, 0.6) is 0 Å². The number of aliphatic imine (C=N–C) groups is 1. The van der Waals surface area contributed by atoms with Crippen LogP contribution in [0.15, 0.2) is 33.7 Å². The topological polar surface area (TPSA) is 42.9 Å². The summed E-state index contributed by atoms with van der Waals surface area (Å²) in [6.07, 6.45) is 3.47. The van der Waals surface area contributed by atoms with Gasteiger partial charge in [0.2, 0.25) is 0 Å². The van der Waals surface area contributed by atoms with E-state index in [1.807, 2.05) is 7.05 Å². The van der Waals surface area contributed by atoms with Crippen LogP contribution in [0, 0.1) is 0 Å². The molecule has 2 rings (SSSR count). The van der Waals surface area contributed by atoms with Crippen molar-refractivity contribution in [2.45, 2.75) is 45.7 Å². The molecule has 0 radical (unpaired) electrons. The van der Waals surface area contributed by atoms with Gasteiger partial charge in [0, 0.05) is 43.7 Å². The van der Waals surface area contributed by atoms with Crippen molar-refractivity contribution in [3.63, 3.8) is 0 Å². The number of rotatable bonds is 9. The van der Waals surface area contributed by atoms with E-state index in [2.05, 4.69) is 79.5 Å². The highest BCUT2D eigenvalue weighted by molar-refractivity contribution is 9.10. The number of piperidine rings is 1. The van der Waals surface area contributed by atoms with Crippen LogP contribution in [0.1, 0.15) is 38.7 Å². The second-order valence-electron chi connectivity index (χ2n) is 7.20. The average Bonchev–Trinajstić information content (AvgIpc) is 2.70. The first-order valence-electron chi connectivity index (χ1n) is 10.3. The molecule has 0 aliphatic carbocycles. The Balaban J connectivity index is 1.65. The molecule has 6 heteroatoms. The molecule has 1 fully saturated rings. The Morgan fingerprint density at radius 1 is 1.19 bits per heavy atom. The molecule has 0 atom stereocenters. The van der Waals surface area contributed by atoms with Crippen molar-refractivity contribution >= 4 is 21.9 Å². The van der Waals surface area contributed by atoms with Crippen molar-refractivity contribution in [1.29, 1.82) is 0 Å². The molecule has 0 aromatic heterocycles. The largest absolute Gasteiger partial charge is 0.356 e. The minimum absolute atomic E-state index is 0.514. The van der Waals surface area contributed by atoms with Crippen molar-refractivity contribution in [2.24, 2.45) is 4.99 Å². The summed E-state index contributed by atoms with van der Waals surface area (Å²) in [5.41, 5.74) is 1.38. The van der Waals surface area contributed by atoms with Crippen LogP contribution < -0.4 is 10.6 Å². The van der Waals surface area contributed by atoms with Gasteiger partial charge in [0.25, 0.3) is 0 Å². The highest BCUT2D eigenvalue weighted by Gasteiger charge is 2.20. The number of nitrogens with one attached hydrogen (secondary N) is 2. The molecule has 0 amide bonds. The second kappa shape index (κ2) is 12.4. The lowest BCUT2D eigenvalue weighted by atomic mass is 10.0. The lowest BCUT2D eigenvalue weighted by Crippen LogP contribution is -2.48. The van der Waals surface area contributed by atoms with Gasteiger partial charge in [-0.05, 0) is 56.6 Å². The van der Waals surface area contributed by atoms with E-state index in [0.29, 0.717) is 6.04 Å². The van der Waals surface area contributed by atoms with E-state index in [1.54, 1.807) is 0 Å². The summed E-state index contributed by atoms with van der Waals surface area (Å²) < 4.78 is 1.14. The number of hydrogen-bond donors (Lipinski definition) is 2. The van der Waals surface area contributed by atoms with Crippen molar-refractivity contribution in [2.75, 3.05) is 46.3 Å². The first-order chi connectivity index (χ1) is 13.1. The predicted octanol–water partition coefficient (Wildman–Crippen LogP) is 3.31. The zero-order valence-electron chi connectivity index (χ0n) is 17.2. The van der Waals surface area contributed by atoms with Gasteiger partial charge in [-0.25, -0.2) is 0 Å². The summed E-state index contributed by atoms with van der Waals surface area (Å²) in [6, 6.07) is 9.18. The van der Waals surface area contributed by atoms with Gasteiger partial charge in [-0.3, -0.25) is 9.89 Å². The Hall–Kier alpha value is -1.11. The zero-order chi connectivity index (χ0) is 19.5. The number of benzene rings is 1. The summed E-state index contributed by atoms with van der Waals surface area (Å²) in [4.78, 5) is 9.40. The second-order valence-corrected chi connectivity index (χ2v) is 8.12. The van der Waals surface area contributed by atoms with Gasteiger partial charge in [-0.15, -0.1) is 0 Å². The highest BCUT2D eigenvalue weighted by atomic mass is 79.9. The first kappa shape index (κ1) is 22.2. The third-order valence-electron chi connectivity index (χ3n) is 5.31. The van der Waals surface area contributed by atoms with E-state index in [-0.39, 0.29) is 0 Å². The van der Waals surface area contributed by atoms with E-state index in [1.165, 1.54) is 5.56 Å². The van der Waals surface area contributed by atoms with Crippen molar-refractivity contribution in [3.8, 4) is 0 Å². The Bertz CT molecular complexity index is 548. The molecular weight excluding hydrogens is 402 g/mol. The fraction of sp³-hybridized carbons (Fsp3) is 0.667. The van der Waals surface area contributed by atoms with Crippen molar-refractivity contribution < 1.29 is 0 Å². The highest BCUT2D eigenvalue weighted by Crippen LogP contribution is 2.16. The summed E-state index contributed by atoms with van der Waals surface area (Å²) in [5.74, 6) is 0.945. The molecule has 1 aromatic rings. The lowest BCUT2D eigenvalue weighted by molar-refractivity contribution is 0.198. The predicted molar refractivity (Wildman–Crippen MR) is 119 cm³/mol. The third kappa shape index (κ3) is 8.20. The molecule has 152 valence electrons. The zero-order valence-corrected chi connectivity index (χ0v) is 18.8. The normalized spacial score (nSPS) is 16.7. The van der Waals surface area contributed by atoms with Crippen LogP contribution in [0.2, 0.25) is 0 Å². The van der Waals surface area contributed by atoms with E-state index in [9.17, 15) is 0 Å². The standard InChI is InChI=1S/C21H36BrN5/c1-4-26(5-2)14-6-13-24-21(23-3)25-20-11-15-27(16-12-20)17-18-7-9-19(22)10-8-18/h7-10,20H,4-6,11-17H2,1-3H3,(H2,23,24,25). The molecule has 0 saturated carbocycles. The maximum Gasteiger partial charge on any atom is 0.191 e. The molecule has 1 aromatic carbocycles. The third-order valence-corrected chi connectivity index (χ3v) is 5.84. The fourth-order valence-corrected chi connectivity index (χ4v) is 3.79. The minimum atomic E-state index is 0.514. The van der Waals surface area contributed by atoms with Crippen LogP contribution in [0.3, 0.4) is 0 Å². The molecule has 5 nitrogen and oxygen atoms in total. The van der Waals surface area contributed by atoms with Gasteiger partial charge in [0.1, 0.15) is 0 Å². The van der Waals surface area contributed by atoms with E-state index >= 15 is 0 Å². The summed E-state index contributed by atoms with van der Waals surface area (Å²) in [7, 11) is 1.86. The average molecular weight is 438 g/mol. The molecule has 1 heterocycles. The van der Waals surface area contributed by atoms with Crippen molar-refractivity contribution in [1.82, 2.24) is 20.4 Å². The number of guanidine groups is 1. The molecule has 1 saturated heterocycles. The number of likely N-dealkylation sites (tertiary alicyclic amines) is 1. The molecule has 0 unspecified atom stereocenters. The van der Waals surface area contributed by atoms with Gasteiger partial charge < -0.3 is 15.5 Å². The molecule has 1 aliphatic rings. The maximum atomic E-state index is 4.40. The minimum Gasteiger partial charge on any atom is -0.356 e. The molecule has 1 aliphatic heterocycles. The van der Waals surface area contributed by atoms with Gasteiger partial charge in [-0.2, -0.15) is 0 Å². The van der Waals surface area contributed by atoms with Crippen molar-refractivity contribution in [3.05, 3.63) is 34.3 Å². The number of hydrogen-bond acceptors (Lipinski definition) is 3. The molecule has 0 bridgehead atoms. The number of halogens is 1. The molecule has 27 heavy (non-hydrogen) atoms. The number of nitrogens with zero attached hydrogens (tertiary/aromatic N) is 3. The molecule has 0 spiro atoms. The summed E-state index contributed by atoms with van der Waals surface area (Å²) in [6.45, 7) is 12.1.